The summed E-state index contributed by atoms with van der Waals surface area (Å²) in [5.74, 6) is 0. The van der Waals surface area contributed by atoms with Gasteiger partial charge in [-0.3, -0.25) is 0 Å². The second-order valence-electron chi connectivity index (χ2n) is 4.44. The number of benzene rings is 1. The molecule has 102 valence electrons. The maximum Gasteiger partial charge on any atom is 0.0766 e. The molecule has 1 heterocycles. The van der Waals surface area contributed by atoms with E-state index >= 15 is 0 Å². The molecule has 0 atom stereocenters. The molecule has 0 aliphatic rings. The first-order valence-corrected chi connectivity index (χ1v) is 6.67. The van der Waals surface area contributed by atoms with E-state index in [0.717, 1.165) is 37.5 Å². The van der Waals surface area contributed by atoms with E-state index in [4.69, 9.17) is 4.74 Å². The van der Waals surface area contributed by atoms with E-state index in [0.29, 0.717) is 0 Å². The van der Waals surface area contributed by atoms with Crippen LogP contribution in [0.15, 0.2) is 36.5 Å². The highest BCUT2D eigenvalue weighted by Crippen LogP contribution is 2.10. The highest BCUT2D eigenvalue weighted by atomic mass is 16.5. The highest BCUT2D eigenvalue weighted by molar-refractivity contribution is 5.34. The summed E-state index contributed by atoms with van der Waals surface area (Å²) in [7, 11) is 1.70. The van der Waals surface area contributed by atoms with Gasteiger partial charge in [-0.1, -0.05) is 19.1 Å². The van der Waals surface area contributed by atoms with Crippen LogP contribution in [0.4, 0.5) is 0 Å². The van der Waals surface area contributed by atoms with Crippen LogP contribution in [0.1, 0.15) is 18.2 Å². The summed E-state index contributed by atoms with van der Waals surface area (Å²) in [6.45, 7) is 4.49. The van der Waals surface area contributed by atoms with Gasteiger partial charge in [0, 0.05) is 26.4 Å². The first kappa shape index (κ1) is 13.8. The smallest absolute Gasteiger partial charge is 0.0766 e. The third-order valence-electron chi connectivity index (χ3n) is 3.04. The van der Waals surface area contributed by atoms with Crippen molar-refractivity contribution in [1.29, 1.82) is 0 Å². The predicted octanol–water partition coefficient (Wildman–Crippen LogP) is 2.17. The van der Waals surface area contributed by atoms with Gasteiger partial charge in [0.25, 0.3) is 0 Å². The lowest BCUT2D eigenvalue weighted by molar-refractivity contribution is 0.199. The third-order valence-corrected chi connectivity index (χ3v) is 3.04. The van der Waals surface area contributed by atoms with Crippen molar-refractivity contribution in [2.45, 2.75) is 19.9 Å². The van der Waals surface area contributed by atoms with Crippen molar-refractivity contribution in [2.24, 2.45) is 0 Å². The third kappa shape index (κ3) is 3.91. The minimum absolute atomic E-state index is 0.721. The zero-order valence-electron chi connectivity index (χ0n) is 11.6. The quantitative estimate of drug-likeness (QED) is 0.775. The van der Waals surface area contributed by atoms with Gasteiger partial charge >= 0.3 is 0 Å². The van der Waals surface area contributed by atoms with Crippen molar-refractivity contribution >= 4 is 0 Å². The monoisotopic (exact) mass is 259 g/mol. The van der Waals surface area contributed by atoms with E-state index in [-0.39, 0.29) is 0 Å². The van der Waals surface area contributed by atoms with Gasteiger partial charge in [0.1, 0.15) is 0 Å². The number of nitrogens with one attached hydrogen (secondary N) is 1. The standard InChI is InChI=1S/C15H21N3O/c1-3-13-4-6-15(7-5-13)18-10-8-14(17-18)12-16-9-11-19-2/h4-8,10,16H,3,9,11-12H2,1-2H3. The van der Waals surface area contributed by atoms with Crippen LogP contribution in [0.5, 0.6) is 0 Å². The van der Waals surface area contributed by atoms with Crippen molar-refractivity contribution in [3.8, 4) is 5.69 Å². The van der Waals surface area contributed by atoms with Crippen molar-refractivity contribution in [3.63, 3.8) is 0 Å². The second kappa shape index (κ2) is 7.07. The number of aromatic nitrogens is 2. The van der Waals surface area contributed by atoms with E-state index in [1.165, 1.54) is 5.56 Å². The highest BCUT2D eigenvalue weighted by Gasteiger charge is 2.01. The molecule has 19 heavy (non-hydrogen) atoms. The van der Waals surface area contributed by atoms with Gasteiger partial charge in [0.2, 0.25) is 0 Å². The molecule has 0 saturated carbocycles. The molecule has 1 aromatic carbocycles. The van der Waals surface area contributed by atoms with Gasteiger partial charge in [-0.15, -0.1) is 0 Å². The molecule has 0 amide bonds. The van der Waals surface area contributed by atoms with E-state index in [2.05, 4.69) is 41.6 Å². The molecular weight excluding hydrogens is 238 g/mol. The van der Waals surface area contributed by atoms with E-state index in [1.807, 2.05) is 16.9 Å². The average Bonchev–Trinajstić information content (AvgIpc) is 2.92. The summed E-state index contributed by atoms with van der Waals surface area (Å²) in [6.07, 6.45) is 3.06. The van der Waals surface area contributed by atoms with Crippen molar-refractivity contribution in [3.05, 3.63) is 47.8 Å². The molecule has 0 aliphatic heterocycles. The Hall–Kier alpha value is -1.65. The zero-order valence-corrected chi connectivity index (χ0v) is 11.6. The van der Waals surface area contributed by atoms with Gasteiger partial charge in [-0.05, 0) is 30.2 Å². The fraction of sp³-hybridized carbons (Fsp3) is 0.400. The Labute approximate surface area is 114 Å². The van der Waals surface area contributed by atoms with Crippen LogP contribution >= 0.6 is 0 Å². The number of hydrogen-bond donors (Lipinski definition) is 1. The first-order chi connectivity index (χ1) is 9.33. The fourth-order valence-corrected chi connectivity index (χ4v) is 1.87. The van der Waals surface area contributed by atoms with Crippen LogP contribution in [0.2, 0.25) is 0 Å². The van der Waals surface area contributed by atoms with Crippen LogP contribution in [-0.2, 0) is 17.7 Å². The lowest BCUT2D eigenvalue weighted by Gasteiger charge is -2.03. The van der Waals surface area contributed by atoms with Gasteiger partial charge in [-0.2, -0.15) is 5.10 Å². The summed E-state index contributed by atoms with van der Waals surface area (Å²) >= 11 is 0. The topological polar surface area (TPSA) is 39.1 Å². The first-order valence-electron chi connectivity index (χ1n) is 6.67. The lowest BCUT2D eigenvalue weighted by Crippen LogP contribution is -2.18. The van der Waals surface area contributed by atoms with Crippen LogP contribution in [0.3, 0.4) is 0 Å². The lowest BCUT2D eigenvalue weighted by atomic mass is 10.1. The van der Waals surface area contributed by atoms with Crippen molar-refractivity contribution < 1.29 is 4.74 Å². The van der Waals surface area contributed by atoms with Gasteiger partial charge in [0.05, 0.1) is 18.0 Å². The average molecular weight is 259 g/mol. The molecular formula is C15H21N3O. The maximum atomic E-state index is 4.99. The van der Waals surface area contributed by atoms with Gasteiger partial charge in [-0.25, -0.2) is 4.68 Å². The van der Waals surface area contributed by atoms with E-state index < -0.39 is 0 Å². The molecule has 4 nitrogen and oxygen atoms in total. The number of nitrogens with zero attached hydrogens (tertiary/aromatic N) is 2. The summed E-state index contributed by atoms with van der Waals surface area (Å²) in [4.78, 5) is 0. The van der Waals surface area contributed by atoms with E-state index in [1.54, 1.807) is 7.11 Å². The Morgan fingerprint density at radius 1 is 1.21 bits per heavy atom. The van der Waals surface area contributed by atoms with Crippen LogP contribution in [-0.4, -0.2) is 30.0 Å². The molecule has 0 saturated heterocycles. The second-order valence-corrected chi connectivity index (χ2v) is 4.44. The number of ether oxygens (including phenoxy) is 1. The Morgan fingerprint density at radius 2 is 2.00 bits per heavy atom. The molecule has 0 spiro atoms. The Morgan fingerprint density at radius 3 is 2.68 bits per heavy atom. The number of aryl methyl sites for hydroxylation is 1. The van der Waals surface area contributed by atoms with E-state index in [9.17, 15) is 0 Å². The van der Waals surface area contributed by atoms with Crippen molar-refractivity contribution in [1.82, 2.24) is 15.1 Å². The maximum absolute atomic E-state index is 4.99. The predicted molar refractivity (Wildman–Crippen MR) is 76.5 cm³/mol. The molecule has 2 rings (SSSR count). The normalized spacial score (nSPS) is 10.8. The summed E-state index contributed by atoms with van der Waals surface area (Å²) < 4.78 is 6.90. The minimum atomic E-state index is 0.721. The molecule has 0 bridgehead atoms. The molecule has 2 aromatic rings. The molecule has 4 heteroatoms. The number of methoxy groups -OCH3 is 1. The number of rotatable bonds is 7. The zero-order chi connectivity index (χ0) is 13.5. The Kier molecular flexibility index (Phi) is 5.12. The summed E-state index contributed by atoms with van der Waals surface area (Å²) in [5, 5.41) is 7.83. The molecule has 0 fully saturated rings. The molecule has 0 unspecified atom stereocenters. The SMILES string of the molecule is CCc1ccc(-n2ccc(CNCCOC)n2)cc1. The molecule has 1 aromatic heterocycles. The molecule has 1 N–H and O–H groups in total. The minimum Gasteiger partial charge on any atom is -0.383 e. The largest absolute Gasteiger partial charge is 0.383 e. The molecule has 0 aliphatic carbocycles. The number of hydrogen-bond acceptors (Lipinski definition) is 3. The Balaban J connectivity index is 1.95. The van der Waals surface area contributed by atoms with Gasteiger partial charge in [0.15, 0.2) is 0 Å². The Bertz CT molecular complexity index is 490. The molecule has 0 radical (unpaired) electrons. The van der Waals surface area contributed by atoms with Crippen LogP contribution in [0, 0.1) is 0 Å². The van der Waals surface area contributed by atoms with Crippen molar-refractivity contribution in [2.75, 3.05) is 20.3 Å². The fourth-order valence-electron chi connectivity index (χ4n) is 1.87. The summed E-state index contributed by atoms with van der Waals surface area (Å²) in [6, 6.07) is 10.5. The van der Waals surface area contributed by atoms with Gasteiger partial charge < -0.3 is 10.1 Å². The summed E-state index contributed by atoms with van der Waals surface area (Å²) in [5.41, 5.74) is 3.48. The van der Waals surface area contributed by atoms with Crippen LogP contribution in [0.25, 0.3) is 5.69 Å². The van der Waals surface area contributed by atoms with Crippen LogP contribution < -0.4 is 5.32 Å².